The van der Waals surface area contributed by atoms with Gasteiger partial charge in [0, 0.05) is 38.3 Å². The maximum absolute atomic E-state index is 13.6. The fourth-order valence-corrected chi connectivity index (χ4v) is 2.10. The van der Waals surface area contributed by atoms with E-state index in [2.05, 4.69) is 26.1 Å². The summed E-state index contributed by atoms with van der Waals surface area (Å²) in [5.41, 5.74) is 0.419. The Balaban J connectivity index is 2.11. The summed E-state index contributed by atoms with van der Waals surface area (Å²) in [6, 6.07) is 3.18. The van der Waals surface area contributed by atoms with Gasteiger partial charge < -0.3 is 5.32 Å². The van der Waals surface area contributed by atoms with Crippen LogP contribution in [0.15, 0.2) is 16.6 Å². The molecule has 1 aromatic carbocycles. The number of benzene rings is 1. The van der Waals surface area contributed by atoms with Crippen molar-refractivity contribution in [3.05, 3.63) is 33.8 Å². The predicted molar refractivity (Wildman–Crippen MR) is 62.2 cm³/mol. The Morgan fingerprint density at radius 1 is 1.19 bits per heavy atom. The van der Waals surface area contributed by atoms with Crippen molar-refractivity contribution in [3.8, 4) is 0 Å². The van der Waals surface area contributed by atoms with Crippen molar-refractivity contribution in [2.45, 2.75) is 6.54 Å². The minimum absolute atomic E-state index is 0.175. The van der Waals surface area contributed by atoms with Crippen LogP contribution in [0.4, 0.5) is 8.78 Å². The van der Waals surface area contributed by atoms with Crippen LogP contribution in [0.25, 0.3) is 0 Å². The summed E-state index contributed by atoms with van der Waals surface area (Å²) in [5.74, 6) is -1.54. The highest BCUT2D eigenvalue weighted by Crippen LogP contribution is 2.22. The molecule has 1 heterocycles. The summed E-state index contributed by atoms with van der Waals surface area (Å²) in [7, 11) is 0. The average molecular weight is 291 g/mol. The molecule has 1 saturated heterocycles. The first kappa shape index (κ1) is 12.0. The standard InChI is InChI=1S/C11H13BrF2N2/c12-9-2-1-8(10(13)11(9)14)7-16-5-3-15-4-6-16/h1-2,15H,3-7H2. The molecule has 0 bridgehead atoms. The average Bonchev–Trinajstić information content (AvgIpc) is 2.31. The Kier molecular flexibility index (Phi) is 3.89. The molecule has 1 aromatic rings. The summed E-state index contributed by atoms with van der Waals surface area (Å²) >= 11 is 2.97. The third kappa shape index (κ3) is 2.59. The fraction of sp³-hybridized carbons (Fsp3) is 0.455. The van der Waals surface area contributed by atoms with Crippen molar-refractivity contribution in [2.75, 3.05) is 26.2 Å². The number of hydrogen-bond acceptors (Lipinski definition) is 2. The largest absolute Gasteiger partial charge is 0.314 e. The first-order chi connectivity index (χ1) is 7.68. The molecule has 0 amide bonds. The van der Waals surface area contributed by atoms with Crippen molar-refractivity contribution >= 4 is 15.9 Å². The summed E-state index contributed by atoms with van der Waals surface area (Å²) in [5, 5.41) is 3.22. The number of hydrogen-bond donors (Lipinski definition) is 1. The van der Waals surface area contributed by atoms with E-state index in [0.29, 0.717) is 12.1 Å². The van der Waals surface area contributed by atoms with Crippen LogP contribution in [-0.4, -0.2) is 31.1 Å². The zero-order valence-corrected chi connectivity index (χ0v) is 10.4. The Morgan fingerprint density at radius 2 is 1.88 bits per heavy atom. The van der Waals surface area contributed by atoms with Crippen LogP contribution in [0.2, 0.25) is 0 Å². The molecule has 0 atom stereocenters. The van der Waals surface area contributed by atoms with Gasteiger partial charge in [0.15, 0.2) is 11.6 Å². The molecule has 1 N–H and O–H groups in total. The van der Waals surface area contributed by atoms with Gasteiger partial charge in [-0.2, -0.15) is 0 Å². The first-order valence-corrected chi connectivity index (χ1v) is 6.03. The molecule has 88 valence electrons. The van der Waals surface area contributed by atoms with Gasteiger partial charge in [-0.3, -0.25) is 4.90 Å². The lowest BCUT2D eigenvalue weighted by Gasteiger charge is -2.27. The molecular formula is C11H13BrF2N2. The van der Waals surface area contributed by atoms with Gasteiger partial charge in [0.2, 0.25) is 0 Å². The molecular weight excluding hydrogens is 278 g/mol. The summed E-state index contributed by atoms with van der Waals surface area (Å²) < 4.78 is 27.0. The first-order valence-electron chi connectivity index (χ1n) is 5.24. The molecule has 2 rings (SSSR count). The van der Waals surface area contributed by atoms with E-state index >= 15 is 0 Å². The van der Waals surface area contributed by atoms with Gasteiger partial charge in [-0.05, 0) is 22.0 Å². The molecule has 2 nitrogen and oxygen atoms in total. The number of nitrogens with zero attached hydrogens (tertiary/aromatic N) is 1. The van der Waals surface area contributed by atoms with Gasteiger partial charge in [0.05, 0.1) is 4.47 Å². The topological polar surface area (TPSA) is 15.3 Å². The minimum atomic E-state index is -0.798. The van der Waals surface area contributed by atoms with Crippen molar-refractivity contribution < 1.29 is 8.78 Å². The zero-order valence-electron chi connectivity index (χ0n) is 8.77. The molecule has 5 heteroatoms. The van der Waals surface area contributed by atoms with E-state index in [9.17, 15) is 8.78 Å². The predicted octanol–water partition coefficient (Wildman–Crippen LogP) is 2.13. The number of piperazine rings is 1. The van der Waals surface area contributed by atoms with Gasteiger partial charge in [0.25, 0.3) is 0 Å². The lowest BCUT2D eigenvalue weighted by atomic mass is 10.2. The Bertz CT molecular complexity index is 378. The summed E-state index contributed by atoms with van der Waals surface area (Å²) in [6.45, 7) is 4.02. The monoisotopic (exact) mass is 290 g/mol. The van der Waals surface area contributed by atoms with Crippen molar-refractivity contribution in [1.29, 1.82) is 0 Å². The SMILES string of the molecule is Fc1c(Br)ccc(CN2CCNCC2)c1F. The van der Waals surface area contributed by atoms with Gasteiger partial charge >= 0.3 is 0 Å². The van der Waals surface area contributed by atoms with Crippen molar-refractivity contribution in [3.63, 3.8) is 0 Å². The highest BCUT2D eigenvalue weighted by molar-refractivity contribution is 9.10. The number of nitrogens with one attached hydrogen (secondary N) is 1. The molecule has 1 fully saturated rings. The lowest BCUT2D eigenvalue weighted by molar-refractivity contribution is 0.229. The highest BCUT2D eigenvalue weighted by Gasteiger charge is 2.16. The maximum atomic E-state index is 13.6. The molecule has 0 aromatic heterocycles. The molecule has 1 aliphatic rings. The molecule has 0 spiro atoms. The van der Waals surface area contributed by atoms with Crippen LogP contribution < -0.4 is 5.32 Å². The smallest absolute Gasteiger partial charge is 0.173 e. The second-order valence-corrected chi connectivity index (χ2v) is 4.71. The summed E-state index contributed by atoms with van der Waals surface area (Å²) in [4.78, 5) is 2.11. The van der Waals surface area contributed by atoms with Gasteiger partial charge in [-0.15, -0.1) is 0 Å². The second kappa shape index (κ2) is 5.21. The zero-order chi connectivity index (χ0) is 11.5. The second-order valence-electron chi connectivity index (χ2n) is 3.86. The lowest BCUT2D eigenvalue weighted by Crippen LogP contribution is -2.43. The molecule has 0 aliphatic carbocycles. The normalized spacial score (nSPS) is 17.7. The Morgan fingerprint density at radius 3 is 2.56 bits per heavy atom. The number of rotatable bonds is 2. The third-order valence-electron chi connectivity index (χ3n) is 2.72. The van der Waals surface area contributed by atoms with Crippen LogP contribution in [0, 0.1) is 11.6 Å². The molecule has 1 aliphatic heterocycles. The quantitative estimate of drug-likeness (QED) is 0.840. The third-order valence-corrected chi connectivity index (χ3v) is 3.33. The molecule has 16 heavy (non-hydrogen) atoms. The van der Waals surface area contributed by atoms with E-state index in [1.165, 1.54) is 0 Å². The van der Waals surface area contributed by atoms with Gasteiger partial charge in [-0.1, -0.05) is 6.07 Å². The molecule has 0 radical (unpaired) electrons. The van der Waals surface area contributed by atoms with Crippen molar-refractivity contribution in [1.82, 2.24) is 10.2 Å². The van der Waals surface area contributed by atoms with Crippen LogP contribution in [0.1, 0.15) is 5.56 Å². The Hall–Kier alpha value is -0.520. The van der Waals surface area contributed by atoms with Crippen LogP contribution >= 0.6 is 15.9 Å². The number of halogens is 3. The van der Waals surface area contributed by atoms with Crippen LogP contribution in [0.3, 0.4) is 0 Å². The Labute approximate surface area is 102 Å². The van der Waals surface area contributed by atoms with E-state index in [-0.39, 0.29) is 4.47 Å². The van der Waals surface area contributed by atoms with E-state index in [0.717, 1.165) is 26.2 Å². The van der Waals surface area contributed by atoms with E-state index in [1.807, 2.05) is 0 Å². The summed E-state index contributed by atoms with van der Waals surface area (Å²) in [6.07, 6.45) is 0. The highest BCUT2D eigenvalue weighted by atomic mass is 79.9. The molecule has 0 saturated carbocycles. The van der Waals surface area contributed by atoms with E-state index < -0.39 is 11.6 Å². The van der Waals surface area contributed by atoms with E-state index in [4.69, 9.17) is 0 Å². The van der Waals surface area contributed by atoms with Crippen LogP contribution in [-0.2, 0) is 6.54 Å². The molecule has 0 unspecified atom stereocenters. The van der Waals surface area contributed by atoms with E-state index in [1.54, 1.807) is 12.1 Å². The fourth-order valence-electron chi connectivity index (χ4n) is 1.80. The van der Waals surface area contributed by atoms with Gasteiger partial charge in [-0.25, -0.2) is 8.78 Å². The minimum Gasteiger partial charge on any atom is -0.314 e. The van der Waals surface area contributed by atoms with Crippen LogP contribution in [0.5, 0.6) is 0 Å². The van der Waals surface area contributed by atoms with Gasteiger partial charge in [0.1, 0.15) is 0 Å². The van der Waals surface area contributed by atoms with Crippen molar-refractivity contribution in [2.24, 2.45) is 0 Å². The maximum Gasteiger partial charge on any atom is 0.173 e.